The quantitative estimate of drug-likeness (QED) is 0.409. The molecule has 0 atom stereocenters. The van der Waals surface area contributed by atoms with Gasteiger partial charge in [0.2, 0.25) is 0 Å². The molecule has 0 aliphatic heterocycles. The van der Waals surface area contributed by atoms with Gasteiger partial charge in [-0.05, 0) is 52.7 Å². The molecule has 150 valence electrons. The molecule has 8 heteroatoms. The second-order valence-corrected chi connectivity index (χ2v) is 6.73. The van der Waals surface area contributed by atoms with Gasteiger partial charge in [0.25, 0.3) is 5.91 Å². The zero-order valence-electron chi connectivity index (χ0n) is 16.0. The van der Waals surface area contributed by atoms with Crippen LogP contribution in [0.25, 0.3) is 10.9 Å². The molecule has 0 aliphatic rings. The van der Waals surface area contributed by atoms with Gasteiger partial charge in [-0.15, -0.1) is 0 Å². The van der Waals surface area contributed by atoms with Crippen LogP contribution < -0.4 is 19.6 Å². The molecule has 0 fully saturated rings. The van der Waals surface area contributed by atoms with Gasteiger partial charge in [0.05, 0.1) is 24.4 Å². The summed E-state index contributed by atoms with van der Waals surface area (Å²) >= 11 is 3.45. The van der Waals surface area contributed by atoms with Gasteiger partial charge >= 0.3 is 0 Å². The van der Waals surface area contributed by atoms with E-state index in [1.165, 1.54) is 6.21 Å². The molecule has 3 aromatic rings. The molecule has 0 unspecified atom stereocenters. The predicted octanol–water partition coefficient (Wildman–Crippen LogP) is 3.93. The fraction of sp³-hybridized carbons (Fsp3) is 0.190. The Morgan fingerprint density at radius 2 is 2.03 bits per heavy atom. The molecule has 29 heavy (non-hydrogen) atoms. The summed E-state index contributed by atoms with van der Waals surface area (Å²) in [6.07, 6.45) is 3.20. The van der Waals surface area contributed by atoms with E-state index >= 15 is 0 Å². The van der Waals surface area contributed by atoms with Crippen molar-refractivity contribution in [1.29, 1.82) is 0 Å². The fourth-order valence-corrected chi connectivity index (χ4v) is 3.22. The molecule has 0 bridgehead atoms. The highest BCUT2D eigenvalue weighted by molar-refractivity contribution is 9.10. The molecule has 1 aromatic heterocycles. The van der Waals surface area contributed by atoms with Crippen LogP contribution in [0.3, 0.4) is 0 Å². The molecular formula is C21H20BrN3O4. The molecule has 2 aromatic carbocycles. The second kappa shape index (κ2) is 9.88. The van der Waals surface area contributed by atoms with Gasteiger partial charge in [-0.1, -0.05) is 18.2 Å². The Kier molecular flexibility index (Phi) is 7.02. The minimum atomic E-state index is -0.383. The van der Waals surface area contributed by atoms with Crippen molar-refractivity contribution >= 4 is 39.0 Å². The topological polar surface area (TPSA) is 82.0 Å². The lowest BCUT2D eigenvalue weighted by molar-refractivity contribution is -0.123. The Bertz CT molecular complexity index is 1030. The van der Waals surface area contributed by atoms with Crippen LogP contribution in [-0.4, -0.2) is 37.4 Å². The maximum atomic E-state index is 12.0. The van der Waals surface area contributed by atoms with E-state index in [0.29, 0.717) is 29.4 Å². The molecule has 7 nitrogen and oxygen atoms in total. The number of benzene rings is 2. The number of hydrogen-bond acceptors (Lipinski definition) is 6. The summed E-state index contributed by atoms with van der Waals surface area (Å²) < 4.78 is 17.2. The average Bonchev–Trinajstić information content (AvgIpc) is 2.74. The number of carbonyl (C=O) groups excluding carboxylic acids is 1. The molecule has 1 heterocycles. The number of nitrogens with zero attached hydrogens (tertiary/aromatic N) is 2. The number of halogens is 1. The van der Waals surface area contributed by atoms with Crippen LogP contribution in [0.1, 0.15) is 12.5 Å². The minimum Gasteiger partial charge on any atom is -0.493 e. The van der Waals surface area contributed by atoms with E-state index in [1.54, 1.807) is 25.4 Å². The third-order valence-corrected chi connectivity index (χ3v) is 4.49. The van der Waals surface area contributed by atoms with Crippen molar-refractivity contribution in [3.05, 3.63) is 58.7 Å². The smallest absolute Gasteiger partial charge is 0.277 e. The summed E-state index contributed by atoms with van der Waals surface area (Å²) in [6, 6.07) is 12.9. The first kappa shape index (κ1) is 20.6. The van der Waals surface area contributed by atoms with Gasteiger partial charge in [-0.3, -0.25) is 9.78 Å². The van der Waals surface area contributed by atoms with E-state index in [4.69, 9.17) is 14.2 Å². The van der Waals surface area contributed by atoms with Crippen molar-refractivity contribution in [2.24, 2.45) is 5.10 Å². The molecule has 0 saturated heterocycles. The van der Waals surface area contributed by atoms with E-state index in [9.17, 15) is 4.79 Å². The van der Waals surface area contributed by atoms with Crippen LogP contribution in [0, 0.1) is 0 Å². The summed E-state index contributed by atoms with van der Waals surface area (Å²) in [4.78, 5) is 16.3. The highest BCUT2D eigenvalue weighted by Gasteiger charge is 2.11. The van der Waals surface area contributed by atoms with Crippen LogP contribution in [0.2, 0.25) is 0 Å². The van der Waals surface area contributed by atoms with Crippen molar-refractivity contribution in [3.63, 3.8) is 0 Å². The molecular weight excluding hydrogens is 438 g/mol. The van der Waals surface area contributed by atoms with Crippen molar-refractivity contribution in [3.8, 4) is 17.2 Å². The van der Waals surface area contributed by atoms with Gasteiger partial charge in [0.1, 0.15) is 11.3 Å². The zero-order chi connectivity index (χ0) is 20.6. The van der Waals surface area contributed by atoms with Gasteiger partial charge in [-0.2, -0.15) is 5.10 Å². The average molecular weight is 458 g/mol. The number of amides is 1. The second-order valence-electron chi connectivity index (χ2n) is 5.88. The van der Waals surface area contributed by atoms with Gasteiger partial charge in [0, 0.05) is 11.6 Å². The lowest BCUT2D eigenvalue weighted by Crippen LogP contribution is -2.24. The molecule has 1 amide bonds. The lowest BCUT2D eigenvalue weighted by atomic mass is 10.2. The number of methoxy groups -OCH3 is 1. The van der Waals surface area contributed by atoms with Crippen LogP contribution in [0.15, 0.2) is 58.2 Å². The molecule has 3 rings (SSSR count). The van der Waals surface area contributed by atoms with Crippen LogP contribution in [0.4, 0.5) is 0 Å². The monoisotopic (exact) mass is 457 g/mol. The molecule has 0 aliphatic carbocycles. The van der Waals surface area contributed by atoms with Crippen molar-refractivity contribution in [2.75, 3.05) is 20.3 Å². The fourth-order valence-electron chi connectivity index (χ4n) is 2.65. The Labute approximate surface area is 176 Å². The zero-order valence-corrected chi connectivity index (χ0v) is 17.6. The summed E-state index contributed by atoms with van der Waals surface area (Å²) in [5, 5.41) is 4.91. The third kappa shape index (κ3) is 5.23. The first-order valence-corrected chi connectivity index (χ1v) is 9.70. The third-order valence-electron chi connectivity index (χ3n) is 3.90. The van der Waals surface area contributed by atoms with Gasteiger partial charge < -0.3 is 14.2 Å². The van der Waals surface area contributed by atoms with Crippen molar-refractivity contribution < 1.29 is 19.0 Å². The first-order chi connectivity index (χ1) is 14.1. The van der Waals surface area contributed by atoms with Gasteiger partial charge in [-0.25, -0.2) is 5.43 Å². The maximum Gasteiger partial charge on any atom is 0.277 e. The van der Waals surface area contributed by atoms with Crippen molar-refractivity contribution in [1.82, 2.24) is 10.4 Å². The number of hydrazone groups is 1. The number of pyridine rings is 1. The van der Waals surface area contributed by atoms with E-state index in [1.807, 2.05) is 37.3 Å². The Morgan fingerprint density at radius 3 is 2.83 bits per heavy atom. The number of aromatic nitrogens is 1. The lowest BCUT2D eigenvalue weighted by Gasteiger charge is -2.12. The number of hydrogen-bond donors (Lipinski definition) is 1. The standard InChI is InChI=1S/C21H20BrN3O4/c1-3-28-21-16(22)10-14(11-18(21)27-2)12-24-25-19(26)13-29-17-8-4-6-15-7-5-9-23-20(15)17/h4-12H,3,13H2,1-2H3,(H,25,26)/b24-12-. The van der Waals surface area contributed by atoms with E-state index in [0.717, 1.165) is 15.4 Å². The summed E-state index contributed by atoms with van der Waals surface area (Å²) in [5.74, 6) is 1.35. The largest absolute Gasteiger partial charge is 0.493 e. The minimum absolute atomic E-state index is 0.177. The molecule has 0 spiro atoms. The number of carbonyl (C=O) groups is 1. The SMILES string of the molecule is CCOc1c(Br)cc(/C=N\NC(=O)COc2cccc3cccnc23)cc1OC. The van der Waals surface area contributed by atoms with E-state index in [-0.39, 0.29) is 12.5 Å². The van der Waals surface area contributed by atoms with E-state index < -0.39 is 0 Å². The number of nitrogens with one attached hydrogen (secondary N) is 1. The number of ether oxygens (including phenoxy) is 3. The van der Waals surface area contributed by atoms with Gasteiger partial charge in [0.15, 0.2) is 18.1 Å². The normalized spacial score (nSPS) is 10.9. The highest BCUT2D eigenvalue weighted by Crippen LogP contribution is 2.36. The Hall–Kier alpha value is -3.13. The summed E-state index contributed by atoms with van der Waals surface area (Å²) in [6.45, 7) is 2.24. The Balaban J connectivity index is 1.60. The molecule has 1 N–H and O–H groups in total. The number of fused-ring (bicyclic) bond motifs is 1. The van der Waals surface area contributed by atoms with Crippen molar-refractivity contribution in [2.45, 2.75) is 6.92 Å². The van der Waals surface area contributed by atoms with Crippen LogP contribution in [0.5, 0.6) is 17.2 Å². The highest BCUT2D eigenvalue weighted by atomic mass is 79.9. The van der Waals surface area contributed by atoms with Crippen LogP contribution >= 0.6 is 15.9 Å². The molecule has 0 radical (unpaired) electrons. The maximum absolute atomic E-state index is 12.0. The predicted molar refractivity (Wildman–Crippen MR) is 115 cm³/mol. The van der Waals surface area contributed by atoms with E-state index in [2.05, 4.69) is 31.4 Å². The summed E-state index contributed by atoms with van der Waals surface area (Å²) in [7, 11) is 1.56. The molecule has 0 saturated carbocycles. The summed E-state index contributed by atoms with van der Waals surface area (Å²) in [5.41, 5.74) is 3.88. The first-order valence-electron chi connectivity index (χ1n) is 8.91. The number of para-hydroxylation sites is 1. The Morgan fingerprint density at radius 1 is 1.21 bits per heavy atom. The van der Waals surface area contributed by atoms with Crippen LogP contribution in [-0.2, 0) is 4.79 Å². The number of rotatable bonds is 8.